The normalized spacial score (nSPS) is 16.7. The molecule has 8 nitrogen and oxygen atoms in total. The van der Waals surface area contributed by atoms with E-state index in [4.69, 9.17) is 0 Å². The van der Waals surface area contributed by atoms with Crippen molar-refractivity contribution in [1.82, 2.24) is 19.5 Å². The summed E-state index contributed by atoms with van der Waals surface area (Å²) in [6.45, 7) is 0.675. The lowest BCUT2D eigenvalue weighted by atomic mass is 9.98. The third-order valence-corrected chi connectivity index (χ3v) is 5.34. The fraction of sp³-hybridized carbons (Fsp3) is 0.273. The molecule has 31 heavy (non-hydrogen) atoms. The van der Waals surface area contributed by atoms with Gasteiger partial charge >= 0.3 is 5.69 Å². The number of hydrogen-bond donors (Lipinski definition) is 2. The van der Waals surface area contributed by atoms with Crippen molar-refractivity contribution >= 4 is 6.21 Å². The molecule has 2 aromatic heterocycles. The number of hydrazone groups is 1. The minimum absolute atomic E-state index is 0.0186. The number of benzene rings is 1. The molecule has 4 rings (SSSR count). The van der Waals surface area contributed by atoms with E-state index in [1.54, 1.807) is 12.4 Å². The standard InChI is InChI=1S/C22H22FN5O3/c23-17-8-6-15(7-9-17)14-27-21(30)18(20(29)26-22(27)31)13-25-28-11-2-1-5-19(28)16-4-3-10-24-12-16/h3-4,6-10,12-13,19,30H,1-2,5,11,14H2,(H,26,29,31)/t19-/m1/s1. The topological polar surface area (TPSA) is 104 Å². The average molecular weight is 423 g/mol. The quantitative estimate of drug-likeness (QED) is 0.614. The Morgan fingerprint density at radius 2 is 2.03 bits per heavy atom. The van der Waals surface area contributed by atoms with Gasteiger partial charge in [-0.2, -0.15) is 5.10 Å². The van der Waals surface area contributed by atoms with Crippen molar-refractivity contribution in [3.05, 3.63) is 92.1 Å². The lowest BCUT2D eigenvalue weighted by Gasteiger charge is -2.33. The Labute approximate surface area is 177 Å². The maximum atomic E-state index is 13.1. The summed E-state index contributed by atoms with van der Waals surface area (Å²) in [6, 6.07) is 9.41. The van der Waals surface area contributed by atoms with Crippen LogP contribution < -0.4 is 11.2 Å². The summed E-state index contributed by atoms with van der Waals surface area (Å²) in [6.07, 6.45) is 7.70. The Morgan fingerprint density at radius 3 is 2.77 bits per heavy atom. The summed E-state index contributed by atoms with van der Waals surface area (Å²) in [7, 11) is 0. The number of halogens is 1. The first-order chi connectivity index (χ1) is 15.0. The van der Waals surface area contributed by atoms with Crippen LogP contribution >= 0.6 is 0 Å². The number of H-pyrrole nitrogens is 1. The molecule has 0 bridgehead atoms. The van der Waals surface area contributed by atoms with Gasteiger partial charge in [-0.15, -0.1) is 0 Å². The molecule has 1 saturated heterocycles. The van der Waals surface area contributed by atoms with Crippen molar-refractivity contribution in [2.24, 2.45) is 5.10 Å². The number of aromatic hydroxyl groups is 1. The number of nitrogens with one attached hydrogen (secondary N) is 1. The fourth-order valence-corrected chi connectivity index (χ4v) is 3.71. The van der Waals surface area contributed by atoms with E-state index in [1.165, 1.54) is 30.5 Å². The highest BCUT2D eigenvalue weighted by atomic mass is 19.1. The van der Waals surface area contributed by atoms with Crippen LogP contribution in [-0.2, 0) is 6.54 Å². The maximum absolute atomic E-state index is 13.1. The second kappa shape index (κ2) is 8.95. The summed E-state index contributed by atoms with van der Waals surface area (Å²) >= 11 is 0. The molecule has 0 unspecified atom stereocenters. The first-order valence-electron chi connectivity index (χ1n) is 10.0. The average Bonchev–Trinajstić information content (AvgIpc) is 2.78. The van der Waals surface area contributed by atoms with Crippen molar-refractivity contribution in [2.45, 2.75) is 31.8 Å². The molecule has 0 amide bonds. The van der Waals surface area contributed by atoms with Gasteiger partial charge in [-0.25, -0.2) is 9.18 Å². The number of nitrogens with zero attached hydrogens (tertiary/aromatic N) is 4. The summed E-state index contributed by atoms with van der Waals surface area (Å²) in [5, 5.41) is 17.0. The molecule has 160 valence electrons. The van der Waals surface area contributed by atoms with Crippen LogP contribution in [0, 0.1) is 5.82 Å². The van der Waals surface area contributed by atoms with E-state index in [9.17, 15) is 19.1 Å². The Morgan fingerprint density at radius 1 is 1.23 bits per heavy atom. The predicted octanol–water partition coefficient (Wildman–Crippen LogP) is 2.39. The van der Waals surface area contributed by atoms with Gasteiger partial charge < -0.3 is 5.11 Å². The second-order valence-electron chi connectivity index (χ2n) is 7.41. The minimum Gasteiger partial charge on any atom is -0.494 e. The summed E-state index contributed by atoms with van der Waals surface area (Å²) in [5.41, 5.74) is 0.0316. The van der Waals surface area contributed by atoms with Crippen molar-refractivity contribution in [3.63, 3.8) is 0 Å². The Kier molecular flexibility index (Phi) is 5.92. The predicted molar refractivity (Wildman–Crippen MR) is 114 cm³/mol. The first-order valence-corrected chi connectivity index (χ1v) is 10.0. The molecule has 3 heterocycles. The number of aromatic nitrogens is 3. The summed E-state index contributed by atoms with van der Waals surface area (Å²) < 4.78 is 14.2. The zero-order valence-corrected chi connectivity index (χ0v) is 16.7. The molecule has 0 spiro atoms. The lowest BCUT2D eigenvalue weighted by Crippen LogP contribution is -2.33. The van der Waals surface area contributed by atoms with Crippen LogP contribution in [0.25, 0.3) is 0 Å². The van der Waals surface area contributed by atoms with Gasteiger partial charge in [0, 0.05) is 18.9 Å². The smallest absolute Gasteiger partial charge is 0.331 e. The van der Waals surface area contributed by atoms with Crippen LogP contribution in [0.5, 0.6) is 5.88 Å². The van der Waals surface area contributed by atoms with Crippen LogP contribution in [-0.4, -0.2) is 37.4 Å². The molecule has 2 N–H and O–H groups in total. The molecule has 0 aliphatic carbocycles. The third kappa shape index (κ3) is 4.55. The van der Waals surface area contributed by atoms with E-state index in [2.05, 4.69) is 15.1 Å². The van der Waals surface area contributed by atoms with E-state index in [1.807, 2.05) is 17.1 Å². The molecule has 1 aliphatic rings. The van der Waals surface area contributed by atoms with Crippen LogP contribution in [0.2, 0.25) is 0 Å². The highest BCUT2D eigenvalue weighted by Gasteiger charge is 2.23. The van der Waals surface area contributed by atoms with Gasteiger partial charge in [-0.05, 0) is 48.6 Å². The van der Waals surface area contributed by atoms with Crippen LogP contribution in [0.1, 0.15) is 42.0 Å². The van der Waals surface area contributed by atoms with Crippen LogP contribution in [0.4, 0.5) is 4.39 Å². The van der Waals surface area contributed by atoms with Gasteiger partial charge in [0.05, 0.1) is 18.8 Å². The van der Waals surface area contributed by atoms with Gasteiger partial charge in [0.15, 0.2) is 0 Å². The Balaban J connectivity index is 1.64. The number of pyridine rings is 1. The van der Waals surface area contributed by atoms with Crippen molar-refractivity contribution in [1.29, 1.82) is 0 Å². The van der Waals surface area contributed by atoms with Crippen molar-refractivity contribution in [3.8, 4) is 5.88 Å². The fourth-order valence-electron chi connectivity index (χ4n) is 3.71. The van der Waals surface area contributed by atoms with Gasteiger partial charge in [-0.1, -0.05) is 18.2 Å². The van der Waals surface area contributed by atoms with Crippen LogP contribution in [0.3, 0.4) is 0 Å². The molecule has 1 aromatic carbocycles. The van der Waals surface area contributed by atoms with E-state index in [0.717, 1.165) is 29.4 Å². The highest BCUT2D eigenvalue weighted by molar-refractivity contribution is 5.81. The third-order valence-electron chi connectivity index (χ3n) is 5.34. The van der Waals surface area contributed by atoms with Crippen molar-refractivity contribution in [2.75, 3.05) is 6.54 Å². The molecule has 3 aromatic rings. The zero-order chi connectivity index (χ0) is 21.8. The molecule has 1 aliphatic heterocycles. The van der Waals surface area contributed by atoms with Crippen molar-refractivity contribution < 1.29 is 9.50 Å². The SMILES string of the molecule is O=c1[nH]c(=O)n(Cc2ccc(F)cc2)c(O)c1C=NN1CCCC[C@@H]1c1cccnc1. The molecule has 1 fully saturated rings. The molecule has 1 atom stereocenters. The maximum Gasteiger partial charge on any atom is 0.331 e. The van der Waals surface area contributed by atoms with Crippen LogP contribution in [0.15, 0.2) is 63.5 Å². The monoisotopic (exact) mass is 423 g/mol. The van der Waals surface area contributed by atoms with E-state index >= 15 is 0 Å². The molecular weight excluding hydrogens is 401 g/mol. The largest absolute Gasteiger partial charge is 0.494 e. The minimum atomic E-state index is -0.754. The summed E-state index contributed by atoms with van der Waals surface area (Å²) in [4.78, 5) is 31.0. The number of piperidine rings is 1. The number of hydrogen-bond acceptors (Lipinski definition) is 6. The van der Waals surface area contributed by atoms with Gasteiger partial charge in [0.25, 0.3) is 5.56 Å². The molecular formula is C22H22FN5O3. The number of rotatable bonds is 5. The first kappa shape index (κ1) is 20.5. The molecule has 9 heteroatoms. The van der Waals surface area contributed by atoms with Gasteiger partial charge in [0.1, 0.15) is 11.4 Å². The zero-order valence-electron chi connectivity index (χ0n) is 16.7. The van der Waals surface area contributed by atoms with E-state index in [0.29, 0.717) is 12.1 Å². The van der Waals surface area contributed by atoms with Gasteiger partial charge in [0.2, 0.25) is 5.88 Å². The highest BCUT2D eigenvalue weighted by Crippen LogP contribution is 2.30. The van der Waals surface area contributed by atoms with E-state index in [-0.39, 0.29) is 18.2 Å². The molecule has 0 saturated carbocycles. The lowest BCUT2D eigenvalue weighted by molar-refractivity contribution is 0.156. The molecule has 0 radical (unpaired) electrons. The summed E-state index contributed by atoms with van der Waals surface area (Å²) in [5.74, 6) is -0.893. The Bertz CT molecular complexity index is 1190. The Hall–Kier alpha value is -3.75. The second-order valence-corrected chi connectivity index (χ2v) is 7.41. The van der Waals surface area contributed by atoms with Gasteiger partial charge in [-0.3, -0.25) is 24.3 Å². The number of aromatic amines is 1. The van der Waals surface area contributed by atoms with E-state index < -0.39 is 22.9 Å².